The van der Waals surface area contributed by atoms with Crippen molar-refractivity contribution in [3.8, 4) is 0 Å². The molecule has 10 heteroatoms. The molecule has 0 amide bonds. The van der Waals surface area contributed by atoms with Crippen LogP contribution in [0.3, 0.4) is 0 Å². The summed E-state index contributed by atoms with van der Waals surface area (Å²) in [7, 11) is 0. The molecule has 0 aromatic heterocycles. The van der Waals surface area contributed by atoms with E-state index in [1.807, 2.05) is 6.92 Å². The molecule has 13 atom stereocenters. The zero-order valence-corrected chi connectivity index (χ0v) is 22.7. The first kappa shape index (κ1) is 25.8. The van der Waals surface area contributed by atoms with Crippen molar-refractivity contribution in [1.29, 1.82) is 0 Å². The number of carbonyl (C=O) groups excluding carboxylic acids is 1. The molecule has 4 aliphatic carbocycles. The van der Waals surface area contributed by atoms with Gasteiger partial charge in [0.1, 0.15) is 25.1 Å². The van der Waals surface area contributed by atoms with Gasteiger partial charge in [0.05, 0.1) is 48.1 Å². The van der Waals surface area contributed by atoms with E-state index in [4.69, 9.17) is 28.4 Å². The molecule has 3 N–H and O–H groups in total. The largest absolute Gasteiger partial charge is 0.462 e. The molecular formula is C29H42O10. The first-order valence-corrected chi connectivity index (χ1v) is 15.1. The van der Waals surface area contributed by atoms with Crippen molar-refractivity contribution < 1.29 is 48.5 Å². The van der Waals surface area contributed by atoms with Gasteiger partial charge in [-0.1, -0.05) is 0 Å². The van der Waals surface area contributed by atoms with Crippen LogP contribution in [0.1, 0.15) is 77.6 Å². The summed E-state index contributed by atoms with van der Waals surface area (Å²) in [6, 6.07) is 0. The molecule has 4 saturated heterocycles. The fourth-order valence-electron chi connectivity index (χ4n) is 10.9. The summed E-state index contributed by atoms with van der Waals surface area (Å²) in [5.41, 5.74) is -4.61. The van der Waals surface area contributed by atoms with Gasteiger partial charge in [-0.3, -0.25) is 4.79 Å². The highest BCUT2D eigenvalue weighted by molar-refractivity contribution is 5.73. The van der Waals surface area contributed by atoms with Gasteiger partial charge in [-0.25, -0.2) is 0 Å². The lowest BCUT2D eigenvalue weighted by Gasteiger charge is -2.64. The summed E-state index contributed by atoms with van der Waals surface area (Å²) < 4.78 is 35.7. The lowest BCUT2D eigenvalue weighted by Crippen LogP contribution is -2.72. The van der Waals surface area contributed by atoms with Crippen LogP contribution in [0.25, 0.3) is 0 Å². The van der Waals surface area contributed by atoms with E-state index in [-0.39, 0.29) is 68.0 Å². The molecule has 4 saturated carbocycles. The van der Waals surface area contributed by atoms with Crippen molar-refractivity contribution in [1.82, 2.24) is 0 Å². The highest BCUT2D eigenvalue weighted by atomic mass is 16.8. The van der Waals surface area contributed by atoms with E-state index < -0.39 is 34.1 Å². The maximum atomic E-state index is 12.5. The van der Waals surface area contributed by atoms with Crippen LogP contribution in [0.5, 0.6) is 0 Å². The summed E-state index contributed by atoms with van der Waals surface area (Å²) >= 11 is 0. The van der Waals surface area contributed by atoms with E-state index in [2.05, 4.69) is 0 Å². The van der Waals surface area contributed by atoms with Gasteiger partial charge in [0.15, 0.2) is 6.29 Å². The lowest BCUT2D eigenvalue weighted by molar-refractivity contribution is -0.311. The molecule has 2 spiro atoms. The molecular weight excluding hydrogens is 508 g/mol. The summed E-state index contributed by atoms with van der Waals surface area (Å²) in [6.07, 6.45) is 5.17. The molecule has 0 bridgehead atoms. The molecule has 0 radical (unpaired) electrons. The van der Waals surface area contributed by atoms with Crippen molar-refractivity contribution in [3.63, 3.8) is 0 Å². The molecule has 4 aliphatic heterocycles. The third-order valence-electron chi connectivity index (χ3n) is 12.7. The third kappa shape index (κ3) is 3.29. The van der Waals surface area contributed by atoms with Crippen LogP contribution in [-0.4, -0.2) is 94.4 Å². The summed E-state index contributed by atoms with van der Waals surface area (Å²) in [5, 5.41) is 36.8. The molecule has 0 aromatic rings. The molecule has 8 fully saturated rings. The monoisotopic (exact) mass is 550 g/mol. The Hall–Kier alpha value is -0.850. The molecule has 10 nitrogen and oxygen atoms in total. The fourth-order valence-corrected chi connectivity index (χ4v) is 10.9. The van der Waals surface area contributed by atoms with Crippen LogP contribution in [0.15, 0.2) is 0 Å². The zero-order valence-electron chi connectivity index (χ0n) is 22.7. The zero-order chi connectivity index (χ0) is 26.8. The first-order valence-electron chi connectivity index (χ1n) is 15.1. The van der Waals surface area contributed by atoms with Crippen LogP contribution in [0.4, 0.5) is 0 Å². The topological polar surface area (TPSA) is 133 Å². The van der Waals surface area contributed by atoms with Crippen molar-refractivity contribution in [3.05, 3.63) is 0 Å². The Kier molecular flexibility index (Phi) is 5.54. The molecule has 4 heterocycles. The van der Waals surface area contributed by atoms with Gasteiger partial charge in [0, 0.05) is 24.2 Å². The Balaban J connectivity index is 1.02. The minimum atomic E-state index is -1.29. The van der Waals surface area contributed by atoms with Crippen molar-refractivity contribution in [2.75, 3.05) is 20.0 Å². The van der Waals surface area contributed by atoms with Crippen molar-refractivity contribution in [2.24, 2.45) is 23.2 Å². The number of carbonyl (C=O) groups is 1. The normalized spacial score (nSPS) is 59.8. The predicted molar refractivity (Wildman–Crippen MR) is 132 cm³/mol. The number of rotatable bonds is 2. The second-order valence-corrected chi connectivity index (χ2v) is 14.1. The lowest BCUT2D eigenvalue weighted by atomic mass is 9.45. The Labute approximate surface area is 228 Å². The Morgan fingerprint density at radius 1 is 0.923 bits per heavy atom. The average molecular weight is 551 g/mol. The van der Waals surface area contributed by atoms with Crippen molar-refractivity contribution in [2.45, 2.75) is 131 Å². The van der Waals surface area contributed by atoms with Gasteiger partial charge in [-0.05, 0) is 70.1 Å². The third-order valence-corrected chi connectivity index (χ3v) is 12.7. The number of ether oxygens (including phenoxy) is 6. The maximum absolute atomic E-state index is 12.5. The van der Waals surface area contributed by atoms with Crippen LogP contribution in [-0.2, 0) is 33.2 Å². The smallest absolute Gasteiger partial charge is 0.308 e. The number of cyclic esters (lactones) is 1. The minimum Gasteiger partial charge on any atom is -0.462 e. The van der Waals surface area contributed by atoms with Gasteiger partial charge in [-0.2, -0.15) is 0 Å². The standard InChI is InChI=1S/C29H42O10/c1-16-10-20-23(36-15-35-20)24(38-16)39-17-2-8-29(33)19-3-6-25-13-37-26(12-22(30)34-14-26)21(25)5-9-28(25,32)18(19)4-7-27(29,31)11-17/h16-21,23-24,31-33H,2-15H2,1H3/t16-,17+,18-,19+,20-,21+,23-,24+,25+,26+,27+,28+,29+/m1/s1. The van der Waals surface area contributed by atoms with Gasteiger partial charge in [0.25, 0.3) is 0 Å². The van der Waals surface area contributed by atoms with E-state index in [0.717, 1.165) is 25.7 Å². The number of hydrogen-bond acceptors (Lipinski definition) is 10. The number of hydrogen-bond donors (Lipinski definition) is 3. The van der Waals surface area contributed by atoms with E-state index in [1.54, 1.807) is 0 Å². The molecule has 39 heavy (non-hydrogen) atoms. The average Bonchev–Trinajstić information content (AvgIpc) is 3.64. The predicted octanol–water partition coefficient (Wildman–Crippen LogP) is 1.56. The Morgan fingerprint density at radius 3 is 2.54 bits per heavy atom. The van der Waals surface area contributed by atoms with E-state index >= 15 is 0 Å². The SMILES string of the molecule is C[C@@H]1C[C@H]2OCO[C@H]2[C@H](O[C@H]2CC[C@]3(O)[C@H]4CC[C@]56CO[C@@]7(COC(=O)C7)[C@H]5CC[C@]6(O)[C@@H]4CC[C@]3(O)C2)O1. The highest BCUT2D eigenvalue weighted by Gasteiger charge is 2.77. The fraction of sp³-hybridized carbons (Fsp3) is 0.966. The maximum Gasteiger partial charge on any atom is 0.308 e. The second kappa shape index (κ2) is 8.37. The van der Waals surface area contributed by atoms with Gasteiger partial charge >= 0.3 is 5.97 Å². The highest BCUT2D eigenvalue weighted by Crippen LogP contribution is 2.72. The van der Waals surface area contributed by atoms with Gasteiger partial charge in [-0.15, -0.1) is 0 Å². The molecule has 8 aliphatic rings. The quantitative estimate of drug-likeness (QED) is 0.344. The van der Waals surface area contributed by atoms with Gasteiger partial charge in [0.2, 0.25) is 0 Å². The van der Waals surface area contributed by atoms with Gasteiger partial charge < -0.3 is 43.7 Å². The van der Waals surface area contributed by atoms with E-state index in [9.17, 15) is 20.1 Å². The first-order chi connectivity index (χ1) is 18.6. The molecule has 0 aromatic carbocycles. The minimum absolute atomic E-state index is 0.00448. The summed E-state index contributed by atoms with van der Waals surface area (Å²) in [5.74, 6) is -0.470. The number of fused-ring (bicyclic) bond motifs is 6. The Morgan fingerprint density at radius 2 is 1.72 bits per heavy atom. The van der Waals surface area contributed by atoms with Crippen LogP contribution < -0.4 is 0 Å². The van der Waals surface area contributed by atoms with Crippen LogP contribution >= 0.6 is 0 Å². The molecule has 8 rings (SSSR count). The summed E-state index contributed by atoms with van der Waals surface area (Å²) in [4.78, 5) is 12.1. The van der Waals surface area contributed by atoms with E-state index in [0.29, 0.717) is 45.1 Å². The second-order valence-electron chi connectivity index (χ2n) is 14.1. The summed E-state index contributed by atoms with van der Waals surface area (Å²) in [6.45, 7) is 2.95. The number of esters is 1. The van der Waals surface area contributed by atoms with Crippen LogP contribution in [0.2, 0.25) is 0 Å². The van der Waals surface area contributed by atoms with Crippen LogP contribution in [0, 0.1) is 23.2 Å². The molecule has 0 unspecified atom stereocenters. The van der Waals surface area contributed by atoms with Crippen molar-refractivity contribution >= 4 is 5.97 Å². The Bertz CT molecular complexity index is 1040. The number of aliphatic hydroxyl groups is 3. The molecule has 218 valence electrons. The van der Waals surface area contributed by atoms with E-state index in [1.165, 1.54) is 0 Å².